The molecule has 1 aliphatic rings. The van der Waals surface area contributed by atoms with E-state index in [4.69, 9.17) is 5.53 Å². The minimum atomic E-state index is 0.572. The normalized spacial score (nSPS) is 14.3. The minimum Gasteiger partial charge on any atom is -0.369 e. The van der Waals surface area contributed by atoms with Gasteiger partial charge in [0.1, 0.15) is 17.0 Å². The number of anilines is 1. The molecule has 2 heterocycles. The molecule has 5 nitrogen and oxygen atoms in total. The first kappa shape index (κ1) is 12.5. The van der Waals surface area contributed by atoms with Gasteiger partial charge in [0.2, 0.25) is 0 Å². The van der Waals surface area contributed by atoms with Crippen LogP contribution >= 0.6 is 11.3 Å². The van der Waals surface area contributed by atoms with Crippen LogP contribution in [0.5, 0.6) is 0 Å². The fraction of sp³-hybridized carbons (Fsp3) is 0.538. The highest BCUT2D eigenvalue weighted by Crippen LogP contribution is 2.37. The van der Waals surface area contributed by atoms with Gasteiger partial charge in [-0.3, -0.25) is 0 Å². The SMILES string of the molecule is N=NCCCNc1ncnc2sc3c(c12)CCCC3. The Labute approximate surface area is 116 Å². The second-order valence-corrected chi connectivity index (χ2v) is 5.86. The molecule has 3 rings (SSSR count). The lowest BCUT2D eigenvalue weighted by Gasteiger charge is -2.12. The second kappa shape index (κ2) is 5.61. The Kier molecular flexibility index (Phi) is 3.68. The van der Waals surface area contributed by atoms with Gasteiger partial charge in [0, 0.05) is 11.4 Å². The van der Waals surface area contributed by atoms with Gasteiger partial charge in [0.25, 0.3) is 0 Å². The third-order valence-corrected chi connectivity index (χ3v) is 4.69. The molecule has 0 amide bonds. The van der Waals surface area contributed by atoms with Crippen LogP contribution in [0.4, 0.5) is 5.82 Å². The summed E-state index contributed by atoms with van der Waals surface area (Å²) in [7, 11) is 0. The summed E-state index contributed by atoms with van der Waals surface area (Å²) < 4.78 is 0. The fourth-order valence-corrected chi connectivity index (χ4v) is 3.82. The van der Waals surface area contributed by atoms with E-state index in [0.717, 1.165) is 30.0 Å². The highest BCUT2D eigenvalue weighted by Gasteiger charge is 2.19. The van der Waals surface area contributed by atoms with Gasteiger partial charge >= 0.3 is 0 Å². The van der Waals surface area contributed by atoms with E-state index in [-0.39, 0.29) is 0 Å². The Morgan fingerprint density at radius 1 is 1.32 bits per heavy atom. The van der Waals surface area contributed by atoms with E-state index < -0.39 is 0 Å². The van der Waals surface area contributed by atoms with Gasteiger partial charge in [-0.15, -0.1) is 11.3 Å². The molecule has 100 valence electrons. The molecule has 0 bridgehead atoms. The predicted molar refractivity (Wildman–Crippen MR) is 77.2 cm³/mol. The van der Waals surface area contributed by atoms with E-state index in [9.17, 15) is 0 Å². The van der Waals surface area contributed by atoms with E-state index in [2.05, 4.69) is 20.4 Å². The van der Waals surface area contributed by atoms with E-state index in [1.165, 1.54) is 35.1 Å². The molecule has 0 radical (unpaired) electrons. The summed E-state index contributed by atoms with van der Waals surface area (Å²) >= 11 is 1.82. The number of fused-ring (bicyclic) bond motifs is 3. The van der Waals surface area contributed by atoms with Crippen molar-refractivity contribution in [3.8, 4) is 0 Å². The number of hydrogen-bond acceptors (Lipinski definition) is 6. The Morgan fingerprint density at radius 3 is 3.11 bits per heavy atom. The van der Waals surface area contributed by atoms with Crippen LogP contribution in [0.2, 0.25) is 0 Å². The van der Waals surface area contributed by atoms with Crippen molar-refractivity contribution in [3.05, 3.63) is 16.8 Å². The van der Waals surface area contributed by atoms with Crippen molar-refractivity contribution in [2.24, 2.45) is 5.11 Å². The fourth-order valence-electron chi connectivity index (χ4n) is 2.59. The van der Waals surface area contributed by atoms with E-state index in [0.29, 0.717) is 6.54 Å². The standard InChI is InChI=1S/C13H17N5S/c14-18-7-3-6-15-12-11-9-4-1-2-5-10(9)19-13(11)17-8-16-12/h8,14H,1-7H2,(H,15,16,17). The zero-order chi connectivity index (χ0) is 13.1. The molecule has 0 aliphatic heterocycles. The van der Waals surface area contributed by atoms with Crippen molar-refractivity contribution in [2.75, 3.05) is 18.4 Å². The summed E-state index contributed by atoms with van der Waals surface area (Å²) in [6.45, 7) is 1.38. The summed E-state index contributed by atoms with van der Waals surface area (Å²) in [5.41, 5.74) is 8.25. The lowest BCUT2D eigenvalue weighted by Crippen LogP contribution is -2.06. The zero-order valence-electron chi connectivity index (χ0n) is 10.8. The first-order valence-electron chi connectivity index (χ1n) is 6.72. The molecule has 2 aromatic heterocycles. The van der Waals surface area contributed by atoms with Crippen LogP contribution in [-0.2, 0) is 12.8 Å². The number of aromatic nitrogens is 2. The largest absolute Gasteiger partial charge is 0.369 e. The van der Waals surface area contributed by atoms with Crippen LogP contribution in [0.1, 0.15) is 29.7 Å². The highest BCUT2D eigenvalue weighted by molar-refractivity contribution is 7.19. The highest BCUT2D eigenvalue weighted by atomic mass is 32.1. The predicted octanol–water partition coefficient (Wildman–Crippen LogP) is 3.40. The zero-order valence-corrected chi connectivity index (χ0v) is 11.6. The van der Waals surface area contributed by atoms with E-state index in [1.807, 2.05) is 11.3 Å². The molecule has 0 aromatic carbocycles. The molecular weight excluding hydrogens is 258 g/mol. The van der Waals surface area contributed by atoms with Gasteiger partial charge < -0.3 is 5.32 Å². The smallest absolute Gasteiger partial charge is 0.138 e. The van der Waals surface area contributed by atoms with E-state index in [1.54, 1.807) is 6.33 Å². The van der Waals surface area contributed by atoms with Gasteiger partial charge in [-0.05, 0) is 37.7 Å². The number of nitrogens with zero attached hydrogens (tertiary/aromatic N) is 3. The maximum Gasteiger partial charge on any atom is 0.138 e. The monoisotopic (exact) mass is 275 g/mol. The van der Waals surface area contributed by atoms with E-state index >= 15 is 0 Å². The molecule has 0 fully saturated rings. The van der Waals surface area contributed by atoms with Crippen LogP contribution in [0.15, 0.2) is 11.4 Å². The summed E-state index contributed by atoms with van der Waals surface area (Å²) in [4.78, 5) is 11.4. The maximum atomic E-state index is 6.79. The van der Waals surface area contributed by atoms with Gasteiger partial charge in [0.05, 0.1) is 11.9 Å². The van der Waals surface area contributed by atoms with Crippen molar-refractivity contribution < 1.29 is 0 Å². The van der Waals surface area contributed by atoms with Gasteiger partial charge in [0.15, 0.2) is 0 Å². The second-order valence-electron chi connectivity index (χ2n) is 4.78. The molecule has 0 atom stereocenters. The Hall–Kier alpha value is -1.56. The summed E-state index contributed by atoms with van der Waals surface area (Å²) in [6.07, 6.45) is 7.40. The van der Waals surface area contributed by atoms with Gasteiger partial charge in [-0.1, -0.05) is 0 Å². The maximum absolute atomic E-state index is 6.79. The van der Waals surface area contributed by atoms with Crippen LogP contribution in [0.3, 0.4) is 0 Å². The summed E-state index contributed by atoms with van der Waals surface area (Å²) in [6, 6.07) is 0. The molecule has 0 spiro atoms. The molecule has 6 heteroatoms. The lowest BCUT2D eigenvalue weighted by molar-refractivity contribution is 0.700. The molecule has 0 unspecified atom stereocenters. The number of thiophene rings is 1. The average molecular weight is 275 g/mol. The first-order valence-corrected chi connectivity index (χ1v) is 7.54. The van der Waals surface area contributed by atoms with Crippen LogP contribution in [0, 0.1) is 5.53 Å². The van der Waals surface area contributed by atoms with Crippen molar-refractivity contribution in [1.29, 1.82) is 5.53 Å². The van der Waals surface area contributed by atoms with Crippen LogP contribution < -0.4 is 5.32 Å². The molecule has 1 aliphatic carbocycles. The molecule has 0 saturated carbocycles. The number of rotatable bonds is 5. The summed E-state index contributed by atoms with van der Waals surface area (Å²) in [5, 5.41) is 7.97. The molecule has 2 N–H and O–H groups in total. The van der Waals surface area contributed by atoms with Crippen molar-refractivity contribution in [3.63, 3.8) is 0 Å². The van der Waals surface area contributed by atoms with Crippen molar-refractivity contribution in [2.45, 2.75) is 32.1 Å². The van der Waals surface area contributed by atoms with Crippen molar-refractivity contribution in [1.82, 2.24) is 9.97 Å². The third kappa shape index (κ3) is 2.45. The number of aryl methyl sites for hydroxylation is 2. The quantitative estimate of drug-likeness (QED) is 0.648. The van der Waals surface area contributed by atoms with Gasteiger partial charge in [-0.2, -0.15) is 5.11 Å². The average Bonchev–Trinajstić information content (AvgIpc) is 2.83. The van der Waals surface area contributed by atoms with Crippen molar-refractivity contribution >= 4 is 27.4 Å². The molecule has 19 heavy (non-hydrogen) atoms. The molecule has 2 aromatic rings. The molecule has 0 saturated heterocycles. The Bertz CT molecular complexity index is 592. The Morgan fingerprint density at radius 2 is 2.21 bits per heavy atom. The van der Waals surface area contributed by atoms with Crippen LogP contribution in [0.25, 0.3) is 10.2 Å². The van der Waals surface area contributed by atoms with Crippen LogP contribution in [-0.4, -0.2) is 23.1 Å². The minimum absolute atomic E-state index is 0.572. The lowest BCUT2D eigenvalue weighted by atomic mass is 9.97. The van der Waals surface area contributed by atoms with Gasteiger partial charge in [-0.25, -0.2) is 15.5 Å². The molecular formula is C13H17N5S. The summed E-state index contributed by atoms with van der Waals surface area (Å²) in [5.74, 6) is 0.953. The first-order chi connectivity index (χ1) is 9.40. The third-order valence-electron chi connectivity index (χ3n) is 3.49. The number of nitrogens with one attached hydrogen (secondary N) is 2. The topological polar surface area (TPSA) is 74.0 Å². The number of hydrogen-bond donors (Lipinski definition) is 2. The Balaban J connectivity index is 1.90.